The molecular weight excluding hydrogens is 278 g/mol. The van der Waals surface area contributed by atoms with E-state index in [9.17, 15) is 4.79 Å². The van der Waals surface area contributed by atoms with E-state index in [0.717, 1.165) is 22.0 Å². The molecule has 0 aliphatic rings. The van der Waals surface area contributed by atoms with Gasteiger partial charge in [0.15, 0.2) is 0 Å². The molecule has 0 radical (unpaired) electrons. The maximum absolute atomic E-state index is 11.3. The van der Waals surface area contributed by atoms with Gasteiger partial charge >= 0.3 is 0 Å². The van der Waals surface area contributed by atoms with Gasteiger partial charge in [0, 0.05) is 29.1 Å². The van der Waals surface area contributed by atoms with Crippen molar-refractivity contribution in [2.75, 3.05) is 5.32 Å². The Labute approximate surface area is 127 Å². The molecule has 5 heteroatoms. The summed E-state index contributed by atoms with van der Waals surface area (Å²) < 4.78 is 0. The standard InChI is InChI=1S/C17H15N3O2/c21-17(20-22)13-7-5-12(6-8-13)9-19-16-11-18-10-14-3-1-2-4-15(14)16/h1-8,10-11,19,22H,9H2,(H,20,21). The number of nitrogens with zero attached hydrogens (tertiary/aromatic N) is 1. The van der Waals surface area contributed by atoms with Crippen LogP contribution < -0.4 is 10.8 Å². The predicted molar refractivity (Wildman–Crippen MR) is 84.8 cm³/mol. The number of amides is 1. The Balaban J connectivity index is 1.75. The fraction of sp³-hybridized carbons (Fsp3) is 0.0588. The molecule has 1 heterocycles. The Kier molecular flexibility index (Phi) is 3.98. The van der Waals surface area contributed by atoms with E-state index in [1.807, 2.05) is 42.6 Å². The molecule has 0 saturated carbocycles. The number of carbonyl (C=O) groups excluding carboxylic acids is 1. The monoisotopic (exact) mass is 293 g/mol. The van der Waals surface area contributed by atoms with Crippen LogP contribution >= 0.6 is 0 Å². The Morgan fingerprint density at radius 3 is 2.59 bits per heavy atom. The van der Waals surface area contributed by atoms with Crippen LogP contribution in [0, 0.1) is 0 Å². The van der Waals surface area contributed by atoms with Gasteiger partial charge in [-0.3, -0.25) is 15.0 Å². The lowest BCUT2D eigenvalue weighted by atomic mass is 10.1. The molecule has 0 spiro atoms. The molecule has 1 aromatic heterocycles. The van der Waals surface area contributed by atoms with Crippen LogP contribution in [0.1, 0.15) is 15.9 Å². The van der Waals surface area contributed by atoms with Crippen LogP contribution in [0.25, 0.3) is 10.8 Å². The Bertz CT molecular complexity index is 795. The molecule has 1 amide bonds. The van der Waals surface area contributed by atoms with Crippen LogP contribution in [0.4, 0.5) is 5.69 Å². The summed E-state index contributed by atoms with van der Waals surface area (Å²) in [5.41, 5.74) is 4.03. The second kappa shape index (κ2) is 6.24. The van der Waals surface area contributed by atoms with Gasteiger partial charge in [0.05, 0.1) is 11.9 Å². The fourth-order valence-electron chi connectivity index (χ4n) is 2.29. The number of hydroxylamine groups is 1. The molecule has 0 aliphatic carbocycles. The Morgan fingerprint density at radius 1 is 1.05 bits per heavy atom. The summed E-state index contributed by atoms with van der Waals surface area (Å²) in [6, 6.07) is 15.1. The summed E-state index contributed by atoms with van der Waals surface area (Å²) in [6.07, 6.45) is 3.64. The first-order valence-electron chi connectivity index (χ1n) is 6.88. The zero-order valence-electron chi connectivity index (χ0n) is 11.8. The lowest BCUT2D eigenvalue weighted by Crippen LogP contribution is -2.18. The van der Waals surface area contributed by atoms with Crippen LogP contribution in [-0.2, 0) is 6.54 Å². The number of aromatic nitrogens is 1. The molecule has 0 fully saturated rings. The summed E-state index contributed by atoms with van der Waals surface area (Å²) in [4.78, 5) is 15.5. The van der Waals surface area contributed by atoms with E-state index in [1.54, 1.807) is 23.8 Å². The van der Waals surface area contributed by atoms with Crippen molar-refractivity contribution in [2.45, 2.75) is 6.54 Å². The van der Waals surface area contributed by atoms with Gasteiger partial charge in [0.2, 0.25) is 0 Å². The van der Waals surface area contributed by atoms with Gasteiger partial charge in [0.1, 0.15) is 0 Å². The molecule has 5 nitrogen and oxygen atoms in total. The summed E-state index contributed by atoms with van der Waals surface area (Å²) in [7, 11) is 0. The van der Waals surface area contributed by atoms with E-state index in [-0.39, 0.29) is 0 Å². The van der Waals surface area contributed by atoms with Crippen molar-refractivity contribution in [1.82, 2.24) is 10.5 Å². The number of hydrogen-bond acceptors (Lipinski definition) is 4. The highest BCUT2D eigenvalue weighted by Gasteiger charge is 2.04. The number of anilines is 1. The van der Waals surface area contributed by atoms with E-state index in [1.165, 1.54) is 0 Å². The first-order chi connectivity index (χ1) is 10.8. The van der Waals surface area contributed by atoms with Crippen LogP contribution in [0.3, 0.4) is 0 Å². The third-order valence-corrected chi connectivity index (χ3v) is 3.47. The second-order valence-corrected chi connectivity index (χ2v) is 4.90. The number of fused-ring (bicyclic) bond motifs is 1. The Morgan fingerprint density at radius 2 is 1.82 bits per heavy atom. The van der Waals surface area contributed by atoms with Crippen molar-refractivity contribution in [3.63, 3.8) is 0 Å². The number of nitrogens with one attached hydrogen (secondary N) is 2. The maximum Gasteiger partial charge on any atom is 0.274 e. The molecule has 3 N–H and O–H groups in total. The van der Waals surface area contributed by atoms with Gasteiger partial charge in [-0.15, -0.1) is 0 Å². The minimum absolute atomic E-state index is 0.415. The van der Waals surface area contributed by atoms with Crippen LogP contribution in [0.15, 0.2) is 60.9 Å². The molecule has 0 aliphatic heterocycles. The summed E-state index contributed by atoms with van der Waals surface area (Å²) in [5.74, 6) is -0.516. The molecular formula is C17H15N3O2. The fourth-order valence-corrected chi connectivity index (χ4v) is 2.29. The normalized spacial score (nSPS) is 10.4. The second-order valence-electron chi connectivity index (χ2n) is 4.90. The smallest absolute Gasteiger partial charge is 0.274 e. The third kappa shape index (κ3) is 2.89. The van der Waals surface area contributed by atoms with Crippen molar-refractivity contribution in [3.05, 3.63) is 72.1 Å². The summed E-state index contributed by atoms with van der Waals surface area (Å²) in [5, 5.41) is 14.2. The van der Waals surface area contributed by atoms with Gasteiger partial charge in [-0.1, -0.05) is 36.4 Å². The molecule has 3 aromatic rings. The first-order valence-corrected chi connectivity index (χ1v) is 6.88. The van der Waals surface area contributed by atoms with Crippen molar-refractivity contribution in [2.24, 2.45) is 0 Å². The highest BCUT2D eigenvalue weighted by molar-refractivity contribution is 5.93. The SMILES string of the molecule is O=C(NO)c1ccc(CNc2cncc3ccccc23)cc1. The largest absolute Gasteiger partial charge is 0.379 e. The van der Waals surface area contributed by atoms with Crippen molar-refractivity contribution >= 4 is 22.4 Å². The average molecular weight is 293 g/mol. The zero-order chi connectivity index (χ0) is 15.4. The number of hydrogen-bond donors (Lipinski definition) is 3. The first kappa shape index (κ1) is 14.0. The minimum Gasteiger partial charge on any atom is -0.379 e. The molecule has 0 saturated heterocycles. The van der Waals surface area contributed by atoms with Crippen molar-refractivity contribution < 1.29 is 10.0 Å². The highest BCUT2D eigenvalue weighted by Crippen LogP contribution is 2.22. The van der Waals surface area contributed by atoms with E-state index < -0.39 is 5.91 Å². The molecule has 0 atom stereocenters. The number of benzene rings is 2. The molecule has 0 bridgehead atoms. The van der Waals surface area contributed by atoms with E-state index in [0.29, 0.717) is 12.1 Å². The van der Waals surface area contributed by atoms with Crippen molar-refractivity contribution in [1.29, 1.82) is 0 Å². The van der Waals surface area contributed by atoms with Gasteiger partial charge in [-0.25, -0.2) is 5.48 Å². The number of pyridine rings is 1. The van der Waals surface area contributed by atoms with Crippen LogP contribution in [0.5, 0.6) is 0 Å². The maximum atomic E-state index is 11.3. The summed E-state index contributed by atoms with van der Waals surface area (Å²) >= 11 is 0. The van der Waals surface area contributed by atoms with E-state index >= 15 is 0 Å². The molecule has 0 unspecified atom stereocenters. The Hall–Kier alpha value is -2.92. The average Bonchev–Trinajstić information content (AvgIpc) is 2.59. The van der Waals surface area contributed by atoms with Gasteiger partial charge in [-0.2, -0.15) is 0 Å². The summed E-state index contributed by atoms with van der Waals surface area (Å²) in [6.45, 7) is 0.622. The molecule has 110 valence electrons. The number of carbonyl (C=O) groups is 1. The van der Waals surface area contributed by atoms with E-state index in [4.69, 9.17) is 5.21 Å². The number of rotatable bonds is 4. The highest BCUT2D eigenvalue weighted by atomic mass is 16.5. The van der Waals surface area contributed by atoms with E-state index in [2.05, 4.69) is 10.3 Å². The molecule has 3 rings (SSSR count). The van der Waals surface area contributed by atoms with Crippen LogP contribution in [0.2, 0.25) is 0 Å². The van der Waals surface area contributed by atoms with Gasteiger partial charge in [0.25, 0.3) is 5.91 Å². The molecule has 22 heavy (non-hydrogen) atoms. The zero-order valence-corrected chi connectivity index (χ0v) is 11.8. The minimum atomic E-state index is -0.516. The lowest BCUT2D eigenvalue weighted by Gasteiger charge is -2.09. The predicted octanol–water partition coefficient (Wildman–Crippen LogP) is 2.97. The van der Waals surface area contributed by atoms with Gasteiger partial charge in [-0.05, 0) is 17.7 Å². The third-order valence-electron chi connectivity index (χ3n) is 3.47. The topological polar surface area (TPSA) is 74.2 Å². The van der Waals surface area contributed by atoms with Gasteiger partial charge < -0.3 is 5.32 Å². The lowest BCUT2D eigenvalue weighted by molar-refractivity contribution is 0.0706. The van der Waals surface area contributed by atoms with Crippen molar-refractivity contribution in [3.8, 4) is 0 Å². The van der Waals surface area contributed by atoms with Crippen LogP contribution in [-0.4, -0.2) is 16.1 Å². The quantitative estimate of drug-likeness (QED) is 0.511. The molecule has 2 aromatic carbocycles.